The molecular weight excluding hydrogens is 392 g/mol. The second-order valence-corrected chi connectivity index (χ2v) is 6.39. The first kappa shape index (κ1) is 24.6. The summed E-state index contributed by atoms with van der Waals surface area (Å²) in [5.41, 5.74) is 0.977. The highest BCUT2D eigenvalue weighted by molar-refractivity contribution is 5.95. The van der Waals surface area contributed by atoms with E-state index >= 15 is 0 Å². The van der Waals surface area contributed by atoms with Crippen LogP contribution in [-0.2, 0) is 28.5 Å². The number of carbonyl (C=O) groups is 4. The molecule has 0 amide bonds. The second kappa shape index (κ2) is 12.9. The van der Waals surface area contributed by atoms with Crippen LogP contribution in [0.3, 0.4) is 0 Å². The molecule has 0 aromatic heterocycles. The fourth-order valence-electron chi connectivity index (χ4n) is 1.96. The van der Waals surface area contributed by atoms with Crippen molar-refractivity contribution in [2.45, 2.75) is 26.7 Å². The molecule has 0 radical (unpaired) electrons. The van der Waals surface area contributed by atoms with Gasteiger partial charge >= 0.3 is 23.9 Å². The van der Waals surface area contributed by atoms with Crippen LogP contribution in [0, 0.1) is 0 Å². The lowest BCUT2D eigenvalue weighted by Crippen LogP contribution is -2.13. The van der Waals surface area contributed by atoms with E-state index in [1.54, 1.807) is 13.8 Å². The van der Waals surface area contributed by atoms with E-state index in [4.69, 9.17) is 18.9 Å². The van der Waals surface area contributed by atoms with E-state index in [1.165, 1.54) is 24.3 Å². The highest BCUT2D eigenvalue weighted by Crippen LogP contribution is 2.09. The normalized spacial score (nSPS) is 9.93. The number of benzene rings is 1. The van der Waals surface area contributed by atoms with Crippen LogP contribution in [0.15, 0.2) is 48.6 Å². The van der Waals surface area contributed by atoms with E-state index in [0.717, 1.165) is 0 Å². The molecule has 0 saturated heterocycles. The summed E-state index contributed by atoms with van der Waals surface area (Å²) in [4.78, 5) is 46.6. The van der Waals surface area contributed by atoms with E-state index in [2.05, 4.69) is 13.2 Å². The molecule has 162 valence electrons. The summed E-state index contributed by atoms with van der Waals surface area (Å²) in [6.45, 7) is 10.3. The fraction of sp³-hybridized carbons (Fsp3) is 0.364. The van der Waals surface area contributed by atoms with Gasteiger partial charge in [-0.15, -0.1) is 0 Å². The molecule has 0 aliphatic heterocycles. The Kier molecular flexibility index (Phi) is 10.6. The van der Waals surface area contributed by atoms with E-state index in [-0.39, 0.29) is 37.6 Å². The van der Waals surface area contributed by atoms with Gasteiger partial charge in [-0.25, -0.2) is 19.2 Å². The van der Waals surface area contributed by atoms with Crippen molar-refractivity contribution in [2.24, 2.45) is 0 Å². The monoisotopic (exact) mass is 418 g/mol. The molecule has 8 nitrogen and oxygen atoms in total. The lowest BCUT2D eigenvalue weighted by Gasteiger charge is -2.08. The Morgan fingerprint density at radius 3 is 1.43 bits per heavy atom. The van der Waals surface area contributed by atoms with Crippen LogP contribution in [0.4, 0.5) is 0 Å². The van der Waals surface area contributed by atoms with Crippen molar-refractivity contribution in [1.29, 1.82) is 0 Å². The molecule has 0 atom stereocenters. The van der Waals surface area contributed by atoms with Crippen LogP contribution < -0.4 is 0 Å². The lowest BCUT2D eigenvalue weighted by atomic mass is 10.1. The number of ether oxygens (including phenoxy) is 4. The van der Waals surface area contributed by atoms with E-state index in [1.807, 2.05) is 0 Å². The smallest absolute Gasteiger partial charge is 0.338 e. The van der Waals surface area contributed by atoms with Crippen LogP contribution in [0.1, 0.15) is 47.4 Å². The average Bonchev–Trinajstić information content (AvgIpc) is 2.72. The number of hydrogen-bond donors (Lipinski definition) is 0. The van der Waals surface area contributed by atoms with Crippen molar-refractivity contribution in [3.8, 4) is 0 Å². The average molecular weight is 418 g/mol. The quantitative estimate of drug-likeness (QED) is 0.221. The predicted molar refractivity (Wildman–Crippen MR) is 108 cm³/mol. The van der Waals surface area contributed by atoms with Gasteiger partial charge in [-0.1, -0.05) is 19.2 Å². The van der Waals surface area contributed by atoms with E-state index in [0.29, 0.717) is 24.0 Å². The van der Waals surface area contributed by atoms with Gasteiger partial charge in [0, 0.05) is 24.0 Å². The van der Waals surface area contributed by atoms with Crippen molar-refractivity contribution in [1.82, 2.24) is 0 Å². The Bertz CT molecular complexity index is 746. The molecule has 1 aromatic carbocycles. The first-order valence-electron chi connectivity index (χ1n) is 9.32. The number of esters is 4. The third kappa shape index (κ3) is 9.18. The summed E-state index contributed by atoms with van der Waals surface area (Å²) in [5.74, 6) is -2.21. The molecule has 1 aromatic rings. The SMILES string of the molecule is C=C(C)C(=O)OCCCOC(=O)c1cccc(C(=O)OCCCOC(=O)C(=C)C)c1. The zero-order valence-electron chi connectivity index (χ0n) is 17.2. The Balaban J connectivity index is 2.38. The van der Waals surface area contributed by atoms with Crippen molar-refractivity contribution in [3.63, 3.8) is 0 Å². The Morgan fingerprint density at radius 2 is 1.07 bits per heavy atom. The Labute approximate surface area is 175 Å². The summed E-state index contributed by atoms with van der Waals surface area (Å²) >= 11 is 0. The highest BCUT2D eigenvalue weighted by atomic mass is 16.6. The molecule has 0 unspecified atom stereocenters. The molecule has 1 rings (SSSR count). The van der Waals surface area contributed by atoms with Crippen LogP contribution >= 0.6 is 0 Å². The standard InChI is InChI=1S/C22H26O8/c1-15(2)19(23)27-10-6-12-29-21(25)17-8-5-9-18(14-17)22(26)30-13-7-11-28-20(24)16(3)4/h5,8-9,14H,1,3,6-7,10-13H2,2,4H3. The third-order valence-electron chi connectivity index (χ3n) is 3.54. The maximum atomic E-state index is 12.1. The van der Waals surface area contributed by atoms with E-state index in [9.17, 15) is 19.2 Å². The van der Waals surface area contributed by atoms with Gasteiger partial charge in [0.05, 0.1) is 37.6 Å². The Hall–Kier alpha value is -3.42. The maximum absolute atomic E-state index is 12.1. The Morgan fingerprint density at radius 1 is 0.700 bits per heavy atom. The predicted octanol–water partition coefficient (Wildman–Crippen LogP) is 3.02. The topological polar surface area (TPSA) is 105 Å². The van der Waals surface area contributed by atoms with E-state index < -0.39 is 23.9 Å². The molecular formula is C22H26O8. The highest BCUT2D eigenvalue weighted by Gasteiger charge is 2.13. The minimum Gasteiger partial charge on any atom is -0.462 e. The summed E-state index contributed by atoms with van der Waals surface area (Å²) in [5, 5.41) is 0. The molecule has 30 heavy (non-hydrogen) atoms. The molecule has 8 heteroatoms. The van der Waals surface area contributed by atoms with Gasteiger partial charge < -0.3 is 18.9 Å². The molecule has 0 fully saturated rings. The number of rotatable bonds is 12. The van der Waals surface area contributed by atoms with Crippen LogP contribution in [0.2, 0.25) is 0 Å². The molecule has 0 aliphatic rings. The number of carbonyl (C=O) groups excluding carboxylic acids is 4. The first-order valence-corrected chi connectivity index (χ1v) is 9.32. The lowest BCUT2D eigenvalue weighted by molar-refractivity contribution is -0.140. The van der Waals surface area contributed by atoms with Gasteiger partial charge in [-0.2, -0.15) is 0 Å². The zero-order chi connectivity index (χ0) is 22.5. The van der Waals surface area contributed by atoms with Crippen LogP contribution in [0.5, 0.6) is 0 Å². The van der Waals surface area contributed by atoms with Crippen LogP contribution in [-0.4, -0.2) is 50.3 Å². The number of hydrogen-bond acceptors (Lipinski definition) is 8. The summed E-state index contributed by atoms with van der Waals surface area (Å²) in [7, 11) is 0. The van der Waals surface area contributed by atoms with Crippen molar-refractivity contribution >= 4 is 23.9 Å². The molecule has 0 saturated carbocycles. The second-order valence-electron chi connectivity index (χ2n) is 6.39. The fourth-order valence-corrected chi connectivity index (χ4v) is 1.96. The van der Waals surface area contributed by atoms with Gasteiger partial charge in [0.2, 0.25) is 0 Å². The van der Waals surface area contributed by atoms with Crippen molar-refractivity contribution in [3.05, 3.63) is 59.7 Å². The first-order chi connectivity index (χ1) is 14.2. The molecule has 0 aliphatic carbocycles. The zero-order valence-corrected chi connectivity index (χ0v) is 17.2. The van der Waals surface area contributed by atoms with Gasteiger partial charge in [0.25, 0.3) is 0 Å². The minimum atomic E-state index is -0.609. The van der Waals surface area contributed by atoms with Gasteiger partial charge in [0.1, 0.15) is 0 Å². The van der Waals surface area contributed by atoms with Gasteiger partial charge in [-0.3, -0.25) is 0 Å². The van der Waals surface area contributed by atoms with Gasteiger partial charge in [-0.05, 0) is 32.0 Å². The van der Waals surface area contributed by atoms with Crippen LogP contribution in [0.25, 0.3) is 0 Å². The molecule has 0 heterocycles. The summed E-state index contributed by atoms with van der Waals surface area (Å²) in [6, 6.07) is 5.93. The third-order valence-corrected chi connectivity index (χ3v) is 3.54. The minimum absolute atomic E-state index is 0.0554. The largest absolute Gasteiger partial charge is 0.462 e. The summed E-state index contributed by atoms with van der Waals surface area (Å²) < 4.78 is 20.0. The summed E-state index contributed by atoms with van der Waals surface area (Å²) in [6.07, 6.45) is 0.672. The molecule has 0 N–H and O–H groups in total. The van der Waals surface area contributed by atoms with Crippen molar-refractivity contribution < 1.29 is 38.1 Å². The van der Waals surface area contributed by atoms with Gasteiger partial charge in [0.15, 0.2) is 0 Å². The molecule has 0 spiro atoms. The molecule has 0 bridgehead atoms. The van der Waals surface area contributed by atoms with Crippen molar-refractivity contribution in [2.75, 3.05) is 26.4 Å². The maximum Gasteiger partial charge on any atom is 0.338 e.